The third-order valence-electron chi connectivity index (χ3n) is 2.58. The largest absolute Gasteiger partial charge is 0.545 e. The van der Waals surface area contributed by atoms with Gasteiger partial charge in [-0.1, -0.05) is 48.5 Å². The van der Waals surface area contributed by atoms with Crippen LogP contribution in [0.1, 0.15) is 15.9 Å². The number of benzene rings is 2. The van der Waals surface area contributed by atoms with Crippen molar-refractivity contribution in [1.82, 2.24) is 0 Å². The molecule has 2 heteroatoms. The highest BCUT2D eigenvalue weighted by Gasteiger charge is 2.06. The molecule has 2 aromatic rings. The Morgan fingerprint density at radius 1 is 0.938 bits per heavy atom. The molecule has 0 atom stereocenters. The lowest BCUT2D eigenvalue weighted by atomic mass is 9.96. The third-order valence-corrected chi connectivity index (χ3v) is 2.58. The van der Waals surface area contributed by atoms with E-state index < -0.39 is 5.97 Å². The molecule has 0 saturated heterocycles. The molecule has 0 N–H and O–H groups in total. The molecule has 0 unspecified atom stereocenters. The quantitative estimate of drug-likeness (QED) is 0.762. The first kappa shape index (κ1) is 10.4. The molecule has 16 heavy (non-hydrogen) atoms. The van der Waals surface area contributed by atoms with Crippen LogP contribution in [0.3, 0.4) is 0 Å². The van der Waals surface area contributed by atoms with Crippen molar-refractivity contribution in [3.63, 3.8) is 0 Å². The first-order chi connectivity index (χ1) is 7.70. The number of carbonyl (C=O) groups is 1. The summed E-state index contributed by atoms with van der Waals surface area (Å²) in [5.41, 5.74) is 2.93. The number of carboxylic acids is 1. The summed E-state index contributed by atoms with van der Waals surface area (Å²) < 4.78 is 0. The Balaban J connectivity index is 2.65. The summed E-state index contributed by atoms with van der Waals surface area (Å²) in [6.45, 7) is 1.96. The number of hydrogen-bond donors (Lipinski definition) is 0. The molecule has 2 aromatic carbocycles. The van der Waals surface area contributed by atoms with Crippen molar-refractivity contribution >= 4 is 5.97 Å². The molecule has 0 amide bonds. The number of carbonyl (C=O) groups excluding carboxylic acids is 1. The van der Waals surface area contributed by atoms with Crippen LogP contribution in [-0.4, -0.2) is 5.97 Å². The SMILES string of the molecule is Cc1ccccc1-c1ccccc1C(=O)[O-]. The standard InChI is InChI=1S/C14H12O2/c1-10-6-2-3-7-11(10)12-8-4-5-9-13(12)14(15)16/h2-9H,1H3,(H,15,16)/p-1. The first-order valence-corrected chi connectivity index (χ1v) is 5.06. The molecule has 2 nitrogen and oxygen atoms in total. The molecular formula is C14H11O2-. The Hall–Kier alpha value is -2.09. The minimum Gasteiger partial charge on any atom is -0.545 e. The van der Waals surface area contributed by atoms with Crippen molar-refractivity contribution in [3.05, 3.63) is 59.7 Å². The van der Waals surface area contributed by atoms with Gasteiger partial charge in [0.05, 0.1) is 5.97 Å². The highest BCUT2D eigenvalue weighted by atomic mass is 16.4. The van der Waals surface area contributed by atoms with Crippen molar-refractivity contribution in [2.45, 2.75) is 6.92 Å². The Bertz CT molecular complexity index is 530. The minimum absolute atomic E-state index is 0.233. The normalized spacial score (nSPS) is 10.1. The van der Waals surface area contributed by atoms with Gasteiger partial charge in [-0.3, -0.25) is 0 Å². The summed E-state index contributed by atoms with van der Waals surface area (Å²) in [7, 11) is 0. The summed E-state index contributed by atoms with van der Waals surface area (Å²) in [6.07, 6.45) is 0. The van der Waals surface area contributed by atoms with Crippen LogP contribution in [0, 0.1) is 6.92 Å². The third kappa shape index (κ3) is 1.82. The van der Waals surface area contributed by atoms with Gasteiger partial charge in [-0.15, -0.1) is 0 Å². The van der Waals surface area contributed by atoms with Crippen molar-refractivity contribution in [2.24, 2.45) is 0 Å². The summed E-state index contributed by atoms with van der Waals surface area (Å²) >= 11 is 0. The lowest BCUT2D eigenvalue weighted by molar-refractivity contribution is -0.254. The Morgan fingerprint density at radius 2 is 1.50 bits per heavy atom. The molecular weight excluding hydrogens is 200 g/mol. The number of rotatable bonds is 2. The van der Waals surface area contributed by atoms with Crippen molar-refractivity contribution in [1.29, 1.82) is 0 Å². The Kier molecular flexibility index (Phi) is 2.73. The number of aromatic carboxylic acids is 1. The second-order valence-corrected chi connectivity index (χ2v) is 3.65. The molecule has 0 aromatic heterocycles. The summed E-state index contributed by atoms with van der Waals surface area (Å²) in [5, 5.41) is 11.0. The van der Waals surface area contributed by atoms with E-state index in [4.69, 9.17) is 0 Å². The van der Waals surface area contributed by atoms with Crippen molar-refractivity contribution in [2.75, 3.05) is 0 Å². The maximum Gasteiger partial charge on any atom is 0.0721 e. The van der Waals surface area contributed by atoms with Crippen LogP contribution in [0.15, 0.2) is 48.5 Å². The summed E-state index contributed by atoms with van der Waals surface area (Å²) in [6, 6.07) is 14.6. The van der Waals surface area contributed by atoms with E-state index >= 15 is 0 Å². The topological polar surface area (TPSA) is 40.1 Å². The predicted molar refractivity (Wildman–Crippen MR) is 60.9 cm³/mol. The van der Waals surface area contributed by atoms with E-state index in [1.807, 2.05) is 37.3 Å². The minimum atomic E-state index is -1.14. The van der Waals surface area contributed by atoms with Gasteiger partial charge in [-0.2, -0.15) is 0 Å². The highest BCUT2D eigenvalue weighted by Crippen LogP contribution is 2.26. The lowest BCUT2D eigenvalue weighted by Crippen LogP contribution is -2.23. The monoisotopic (exact) mass is 211 g/mol. The molecule has 0 aliphatic heterocycles. The van der Waals surface area contributed by atoms with E-state index in [0.29, 0.717) is 5.56 Å². The zero-order chi connectivity index (χ0) is 11.5. The van der Waals surface area contributed by atoms with E-state index in [9.17, 15) is 9.90 Å². The van der Waals surface area contributed by atoms with Crippen LogP contribution in [0.5, 0.6) is 0 Å². The van der Waals surface area contributed by atoms with E-state index in [1.54, 1.807) is 18.2 Å². The molecule has 2 rings (SSSR count). The lowest BCUT2D eigenvalue weighted by Gasteiger charge is -2.12. The average Bonchev–Trinajstić information content (AvgIpc) is 2.29. The van der Waals surface area contributed by atoms with Crippen LogP contribution in [0.25, 0.3) is 11.1 Å². The van der Waals surface area contributed by atoms with Gasteiger partial charge in [0, 0.05) is 5.56 Å². The van der Waals surface area contributed by atoms with Gasteiger partial charge in [-0.25, -0.2) is 0 Å². The molecule has 0 saturated carbocycles. The predicted octanol–water partition coefficient (Wildman–Crippen LogP) is 2.03. The van der Waals surface area contributed by atoms with E-state index in [0.717, 1.165) is 11.1 Å². The zero-order valence-electron chi connectivity index (χ0n) is 8.94. The van der Waals surface area contributed by atoms with Crippen LogP contribution in [0.2, 0.25) is 0 Å². The maximum atomic E-state index is 11.0. The molecule has 0 aliphatic rings. The fourth-order valence-electron chi connectivity index (χ4n) is 1.77. The van der Waals surface area contributed by atoms with Crippen molar-refractivity contribution in [3.8, 4) is 11.1 Å². The fraction of sp³-hybridized carbons (Fsp3) is 0.0714. The Morgan fingerprint density at radius 3 is 2.12 bits per heavy atom. The molecule has 80 valence electrons. The van der Waals surface area contributed by atoms with Crippen LogP contribution < -0.4 is 5.11 Å². The van der Waals surface area contributed by atoms with E-state index in [-0.39, 0.29) is 5.56 Å². The first-order valence-electron chi connectivity index (χ1n) is 5.06. The maximum absolute atomic E-state index is 11.0. The summed E-state index contributed by atoms with van der Waals surface area (Å²) in [5.74, 6) is -1.14. The second kappa shape index (κ2) is 4.19. The van der Waals surface area contributed by atoms with Gasteiger partial charge in [-0.05, 0) is 23.6 Å². The van der Waals surface area contributed by atoms with Crippen LogP contribution in [0.4, 0.5) is 0 Å². The second-order valence-electron chi connectivity index (χ2n) is 3.65. The smallest absolute Gasteiger partial charge is 0.0721 e. The van der Waals surface area contributed by atoms with Crippen LogP contribution >= 0.6 is 0 Å². The van der Waals surface area contributed by atoms with Gasteiger partial charge >= 0.3 is 0 Å². The molecule has 0 fully saturated rings. The zero-order valence-corrected chi connectivity index (χ0v) is 8.94. The summed E-state index contributed by atoms with van der Waals surface area (Å²) in [4.78, 5) is 11.0. The van der Waals surface area contributed by atoms with Crippen LogP contribution in [-0.2, 0) is 0 Å². The van der Waals surface area contributed by atoms with Gasteiger partial charge in [0.25, 0.3) is 0 Å². The Labute approximate surface area is 94.2 Å². The van der Waals surface area contributed by atoms with E-state index in [1.165, 1.54) is 0 Å². The molecule has 0 heterocycles. The number of carboxylic acid groups (broad SMARTS) is 1. The van der Waals surface area contributed by atoms with Gasteiger partial charge in [0.15, 0.2) is 0 Å². The molecule has 0 radical (unpaired) electrons. The molecule has 0 spiro atoms. The fourth-order valence-corrected chi connectivity index (χ4v) is 1.77. The number of hydrogen-bond acceptors (Lipinski definition) is 2. The molecule has 0 bridgehead atoms. The average molecular weight is 211 g/mol. The van der Waals surface area contributed by atoms with Gasteiger partial charge < -0.3 is 9.90 Å². The van der Waals surface area contributed by atoms with Crippen molar-refractivity contribution < 1.29 is 9.90 Å². The highest BCUT2D eigenvalue weighted by molar-refractivity contribution is 5.95. The molecule has 0 aliphatic carbocycles. The van der Waals surface area contributed by atoms with E-state index in [2.05, 4.69) is 0 Å². The number of aryl methyl sites for hydroxylation is 1. The van der Waals surface area contributed by atoms with Gasteiger partial charge in [0.2, 0.25) is 0 Å². The van der Waals surface area contributed by atoms with Gasteiger partial charge in [0.1, 0.15) is 0 Å².